The average Bonchev–Trinajstić information content (AvgIpc) is 2.19. The van der Waals surface area contributed by atoms with E-state index in [2.05, 4.69) is 15.9 Å². The van der Waals surface area contributed by atoms with Gasteiger partial charge in [0.05, 0.1) is 10.6 Å². The van der Waals surface area contributed by atoms with E-state index in [0.29, 0.717) is 6.42 Å². The Morgan fingerprint density at radius 3 is 2.67 bits per heavy atom. The molecule has 0 aliphatic carbocycles. The van der Waals surface area contributed by atoms with Gasteiger partial charge in [0.2, 0.25) is 0 Å². The molecule has 4 heteroatoms. The molecule has 1 rings (SSSR count). The first kappa shape index (κ1) is 12.6. The van der Waals surface area contributed by atoms with E-state index in [1.54, 1.807) is 0 Å². The van der Waals surface area contributed by atoms with Crippen molar-refractivity contribution in [2.24, 2.45) is 0 Å². The van der Waals surface area contributed by atoms with Crippen molar-refractivity contribution in [1.82, 2.24) is 0 Å². The third kappa shape index (κ3) is 3.24. The van der Waals surface area contributed by atoms with Crippen LogP contribution in [0.3, 0.4) is 0 Å². The fourth-order valence-corrected chi connectivity index (χ4v) is 1.80. The molecule has 0 bridgehead atoms. The topological polar surface area (TPSA) is 20.2 Å². The van der Waals surface area contributed by atoms with Crippen LogP contribution in [0.5, 0.6) is 0 Å². The molecule has 0 saturated heterocycles. The molecule has 0 spiro atoms. The van der Waals surface area contributed by atoms with Crippen LogP contribution in [0.1, 0.15) is 25.3 Å². The van der Waals surface area contributed by atoms with Gasteiger partial charge in [0, 0.05) is 12.0 Å². The number of rotatable bonds is 4. The number of halogens is 3. The van der Waals surface area contributed by atoms with Gasteiger partial charge in [-0.2, -0.15) is 0 Å². The molecule has 15 heavy (non-hydrogen) atoms. The average molecular weight is 279 g/mol. The smallest absolute Gasteiger partial charge is 0.143 e. The molecule has 0 amide bonds. The SMILES string of the molecule is CCCC(O)Cc1c(F)ccc(Br)c1F. The number of benzene rings is 1. The maximum absolute atomic E-state index is 13.5. The van der Waals surface area contributed by atoms with E-state index >= 15 is 0 Å². The molecule has 0 heterocycles. The Morgan fingerprint density at radius 2 is 2.07 bits per heavy atom. The molecule has 1 aromatic carbocycles. The highest BCUT2D eigenvalue weighted by molar-refractivity contribution is 9.10. The minimum Gasteiger partial charge on any atom is -0.393 e. The number of aliphatic hydroxyl groups is 1. The van der Waals surface area contributed by atoms with Crippen molar-refractivity contribution in [2.75, 3.05) is 0 Å². The standard InChI is InChI=1S/C11H13BrF2O/c1-2-3-7(15)6-8-10(13)5-4-9(12)11(8)14/h4-5,7,15H,2-3,6H2,1H3. The Hall–Kier alpha value is -0.480. The summed E-state index contributed by atoms with van der Waals surface area (Å²) in [7, 11) is 0. The van der Waals surface area contributed by atoms with Crippen LogP contribution in [-0.2, 0) is 6.42 Å². The predicted molar refractivity (Wildman–Crippen MR) is 58.7 cm³/mol. The molecule has 84 valence electrons. The maximum atomic E-state index is 13.5. The molecule has 0 aromatic heterocycles. The summed E-state index contributed by atoms with van der Waals surface area (Å²) in [6, 6.07) is 2.52. The molecule has 1 N–H and O–H groups in total. The zero-order chi connectivity index (χ0) is 11.4. The molecule has 1 aromatic rings. The zero-order valence-corrected chi connectivity index (χ0v) is 10.0. The van der Waals surface area contributed by atoms with Crippen LogP contribution >= 0.6 is 15.9 Å². The molecule has 0 saturated carbocycles. The highest BCUT2D eigenvalue weighted by Gasteiger charge is 2.15. The molecule has 0 aliphatic heterocycles. The van der Waals surface area contributed by atoms with Crippen LogP contribution in [0.25, 0.3) is 0 Å². The Balaban J connectivity index is 2.88. The highest BCUT2D eigenvalue weighted by atomic mass is 79.9. The molecule has 1 nitrogen and oxygen atoms in total. The van der Waals surface area contributed by atoms with E-state index < -0.39 is 17.7 Å². The van der Waals surface area contributed by atoms with Gasteiger partial charge in [-0.05, 0) is 34.5 Å². The van der Waals surface area contributed by atoms with E-state index in [4.69, 9.17) is 0 Å². The summed E-state index contributed by atoms with van der Waals surface area (Å²) >= 11 is 2.99. The lowest BCUT2D eigenvalue weighted by molar-refractivity contribution is 0.161. The van der Waals surface area contributed by atoms with E-state index in [1.807, 2.05) is 6.92 Å². The lowest BCUT2D eigenvalue weighted by atomic mass is 10.0. The zero-order valence-electron chi connectivity index (χ0n) is 8.43. The fourth-order valence-electron chi connectivity index (χ4n) is 1.43. The van der Waals surface area contributed by atoms with Gasteiger partial charge in [-0.3, -0.25) is 0 Å². The second-order valence-corrected chi connectivity index (χ2v) is 4.32. The molecule has 0 fully saturated rings. The van der Waals surface area contributed by atoms with E-state index in [-0.39, 0.29) is 16.5 Å². The molecule has 0 aliphatic rings. The van der Waals surface area contributed by atoms with Crippen LogP contribution in [-0.4, -0.2) is 11.2 Å². The van der Waals surface area contributed by atoms with Crippen molar-refractivity contribution in [3.05, 3.63) is 33.8 Å². The van der Waals surface area contributed by atoms with Gasteiger partial charge in [-0.1, -0.05) is 13.3 Å². The van der Waals surface area contributed by atoms with Crippen molar-refractivity contribution in [2.45, 2.75) is 32.3 Å². The Kier molecular flexibility index (Phi) is 4.67. The summed E-state index contributed by atoms with van der Waals surface area (Å²) in [6.07, 6.45) is 0.669. The van der Waals surface area contributed by atoms with Gasteiger partial charge in [0.15, 0.2) is 0 Å². The second kappa shape index (κ2) is 5.56. The normalized spacial score (nSPS) is 12.9. The number of aliphatic hydroxyl groups excluding tert-OH is 1. The molecule has 1 unspecified atom stereocenters. The van der Waals surface area contributed by atoms with E-state index in [0.717, 1.165) is 6.42 Å². The third-order valence-electron chi connectivity index (χ3n) is 2.20. The Labute approximate surface area is 96.2 Å². The van der Waals surface area contributed by atoms with Crippen LogP contribution in [0, 0.1) is 11.6 Å². The lowest BCUT2D eigenvalue weighted by Gasteiger charge is -2.11. The lowest BCUT2D eigenvalue weighted by Crippen LogP contribution is -2.12. The highest BCUT2D eigenvalue weighted by Crippen LogP contribution is 2.23. The van der Waals surface area contributed by atoms with Gasteiger partial charge >= 0.3 is 0 Å². The predicted octanol–water partition coefficient (Wildman–Crippen LogP) is 3.43. The van der Waals surface area contributed by atoms with E-state index in [9.17, 15) is 13.9 Å². The Morgan fingerprint density at radius 1 is 1.40 bits per heavy atom. The van der Waals surface area contributed by atoms with Crippen LogP contribution in [0.15, 0.2) is 16.6 Å². The third-order valence-corrected chi connectivity index (χ3v) is 2.81. The summed E-state index contributed by atoms with van der Waals surface area (Å²) in [5, 5.41) is 9.49. The first-order valence-corrected chi connectivity index (χ1v) is 5.66. The monoisotopic (exact) mass is 278 g/mol. The molecular formula is C11H13BrF2O. The van der Waals surface area contributed by atoms with Gasteiger partial charge < -0.3 is 5.11 Å². The first-order valence-electron chi connectivity index (χ1n) is 4.86. The fraction of sp³-hybridized carbons (Fsp3) is 0.455. The molecule has 0 radical (unpaired) electrons. The largest absolute Gasteiger partial charge is 0.393 e. The van der Waals surface area contributed by atoms with Crippen molar-refractivity contribution in [1.29, 1.82) is 0 Å². The van der Waals surface area contributed by atoms with Crippen LogP contribution in [0.4, 0.5) is 8.78 Å². The summed E-state index contributed by atoms with van der Waals surface area (Å²) in [4.78, 5) is 0. The van der Waals surface area contributed by atoms with E-state index in [1.165, 1.54) is 12.1 Å². The summed E-state index contributed by atoms with van der Waals surface area (Å²) in [5.41, 5.74) is -0.0506. The van der Waals surface area contributed by atoms with Gasteiger partial charge in [-0.25, -0.2) is 8.78 Å². The summed E-state index contributed by atoms with van der Waals surface area (Å²) < 4.78 is 26.9. The quantitative estimate of drug-likeness (QED) is 0.837. The second-order valence-electron chi connectivity index (χ2n) is 3.47. The molecular weight excluding hydrogens is 266 g/mol. The minimum atomic E-state index is -0.687. The van der Waals surface area contributed by atoms with Crippen molar-refractivity contribution >= 4 is 15.9 Å². The summed E-state index contributed by atoms with van der Waals surface area (Å²) in [5.74, 6) is -1.23. The van der Waals surface area contributed by atoms with Gasteiger partial charge in [0.25, 0.3) is 0 Å². The van der Waals surface area contributed by atoms with Crippen LogP contribution < -0.4 is 0 Å². The maximum Gasteiger partial charge on any atom is 0.143 e. The van der Waals surface area contributed by atoms with Gasteiger partial charge in [0.1, 0.15) is 11.6 Å². The number of hydrogen-bond donors (Lipinski definition) is 1. The summed E-state index contributed by atoms with van der Waals surface area (Å²) in [6.45, 7) is 1.91. The van der Waals surface area contributed by atoms with Crippen molar-refractivity contribution < 1.29 is 13.9 Å². The first-order chi connectivity index (χ1) is 7.06. The van der Waals surface area contributed by atoms with Gasteiger partial charge in [-0.15, -0.1) is 0 Å². The minimum absolute atomic E-state index is 0.0188. The van der Waals surface area contributed by atoms with Crippen molar-refractivity contribution in [3.63, 3.8) is 0 Å². The van der Waals surface area contributed by atoms with Crippen LogP contribution in [0.2, 0.25) is 0 Å². The Bertz CT molecular complexity index is 342. The van der Waals surface area contributed by atoms with Crippen molar-refractivity contribution in [3.8, 4) is 0 Å². The number of hydrogen-bond acceptors (Lipinski definition) is 1. The molecule has 1 atom stereocenters.